The van der Waals surface area contributed by atoms with Gasteiger partial charge in [0.05, 0.1) is 24.1 Å². The molecule has 0 radical (unpaired) electrons. The van der Waals surface area contributed by atoms with Crippen LogP contribution in [0.4, 0.5) is 5.69 Å². The molecular weight excluding hydrogens is 232 g/mol. The number of furan rings is 1. The zero-order valence-corrected chi connectivity index (χ0v) is 10.3. The molecule has 1 N–H and O–H groups in total. The van der Waals surface area contributed by atoms with Crippen LogP contribution in [-0.4, -0.2) is 6.26 Å². The number of thioether (sulfide) groups is 1. The van der Waals surface area contributed by atoms with Gasteiger partial charge >= 0.3 is 0 Å². The first kappa shape index (κ1) is 11.6. The highest BCUT2D eigenvalue weighted by molar-refractivity contribution is 7.98. The van der Waals surface area contributed by atoms with Crippen LogP contribution in [0.5, 0.6) is 0 Å². The summed E-state index contributed by atoms with van der Waals surface area (Å²) in [6.07, 6.45) is 3.60. The Morgan fingerprint density at radius 3 is 2.88 bits per heavy atom. The molecule has 17 heavy (non-hydrogen) atoms. The fourth-order valence-corrected chi connectivity index (χ4v) is 2.13. The fourth-order valence-electron chi connectivity index (χ4n) is 1.56. The van der Waals surface area contributed by atoms with Crippen molar-refractivity contribution in [2.24, 2.45) is 0 Å². The maximum Gasteiger partial charge on any atom is 0.122 e. The first-order valence-electron chi connectivity index (χ1n) is 5.18. The Hall–Kier alpha value is -1.86. The van der Waals surface area contributed by atoms with E-state index in [1.165, 1.54) is 0 Å². The molecule has 1 aromatic heterocycles. The lowest BCUT2D eigenvalue weighted by molar-refractivity contribution is 0.518. The van der Waals surface area contributed by atoms with Crippen molar-refractivity contribution in [1.82, 2.24) is 0 Å². The van der Waals surface area contributed by atoms with Gasteiger partial charge in [-0.15, -0.1) is 11.8 Å². The van der Waals surface area contributed by atoms with Crippen molar-refractivity contribution in [2.75, 3.05) is 11.6 Å². The molecule has 0 aliphatic heterocycles. The van der Waals surface area contributed by atoms with Gasteiger partial charge in [0.15, 0.2) is 0 Å². The summed E-state index contributed by atoms with van der Waals surface area (Å²) in [7, 11) is 0. The molecule has 0 amide bonds. The molecule has 0 saturated carbocycles. The van der Waals surface area contributed by atoms with E-state index in [1.807, 2.05) is 36.6 Å². The maximum absolute atomic E-state index is 9.16. The third kappa shape index (κ3) is 2.63. The van der Waals surface area contributed by atoms with E-state index >= 15 is 0 Å². The number of hydrogen-bond donors (Lipinski definition) is 1. The van der Waals surface area contributed by atoms with Crippen molar-refractivity contribution in [1.29, 1.82) is 5.26 Å². The van der Waals surface area contributed by atoms with Crippen molar-refractivity contribution in [2.45, 2.75) is 11.4 Å². The Morgan fingerprint density at radius 1 is 1.35 bits per heavy atom. The predicted molar refractivity (Wildman–Crippen MR) is 69.0 cm³/mol. The van der Waals surface area contributed by atoms with Gasteiger partial charge in [-0.3, -0.25) is 0 Å². The van der Waals surface area contributed by atoms with Crippen molar-refractivity contribution in [3.8, 4) is 6.07 Å². The molecule has 0 fully saturated rings. The standard InChI is InChI=1S/C13H12N2OS/c1-17-13-6-2-5-12(11(13)8-14)15-9-10-4-3-7-16-10/h2-7,15H,9H2,1H3. The minimum atomic E-state index is 0.583. The van der Waals surface area contributed by atoms with Crippen LogP contribution < -0.4 is 5.32 Å². The summed E-state index contributed by atoms with van der Waals surface area (Å²) in [6, 6.07) is 11.8. The van der Waals surface area contributed by atoms with E-state index < -0.39 is 0 Å². The Morgan fingerprint density at radius 2 is 2.24 bits per heavy atom. The van der Waals surface area contributed by atoms with Gasteiger partial charge in [0.2, 0.25) is 0 Å². The van der Waals surface area contributed by atoms with E-state index in [1.54, 1.807) is 18.0 Å². The number of nitriles is 1. The van der Waals surface area contributed by atoms with Gasteiger partial charge in [0.1, 0.15) is 11.8 Å². The van der Waals surface area contributed by atoms with Crippen LogP contribution in [0.25, 0.3) is 0 Å². The molecule has 2 rings (SSSR count). The molecule has 4 heteroatoms. The molecule has 0 atom stereocenters. The van der Waals surface area contributed by atoms with Gasteiger partial charge in [-0.1, -0.05) is 6.07 Å². The monoisotopic (exact) mass is 244 g/mol. The summed E-state index contributed by atoms with van der Waals surface area (Å²) < 4.78 is 5.23. The van der Waals surface area contributed by atoms with E-state index in [-0.39, 0.29) is 0 Å². The molecule has 1 aromatic carbocycles. The van der Waals surface area contributed by atoms with Crippen LogP contribution in [0, 0.1) is 11.3 Å². The lowest BCUT2D eigenvalue weighted by Gasteiger charge is -2.09. The van der Waals surface area contributed by atoms with E-state index in [4.69, 9.17) is 9.68 Å². The Bertz CT molecular complexity index is 529. The second-order valence-corrected chi connectivity index (χ2v) is 4.28. The fraction of sp³-hybridized carbons (Fsp3) is 0.154. The van der Waals surface area contributed by atoms with Crippen molar-refractivity contribution in [3.63, 3.8) is 0 Å². The molecule has 86 valence electrons. The molecular formula is C13H12N2OS. The average Bonchev–Trinajstić information content (AvgIpc) is 2.88. The van der Waals surface area contributed by atoms with E-state index in [9.17, 15) is 0 Å². The van der Waals surface area contributed by atoms with E-state index in [0.29, 0.717) is 12.1 Å². The topological polar surface area (TPSA) is 49.0 Å². The van der Waals surface area contributed by atoms with Crippen LogP contribution in [0.1, 0.15) is 11.3 Å². The summed E-state index contributed by atoms with van der Waals surface area (Å²) in [5.74, 6) is 0.850. The molecule has 0 unspecified atom stereocenters. The number of hydrogen-bond acceptors (Lipinski definition) is 4. The molecule has 0 spiro atoms. The summed E-state index contributed by atoms with van der Waals surface area (Å²) in [4.78, 5) is 0.983. The van der Waals surface area contributed by atoms with Gasteiger partial charge in [0, 0.05) is 4.90 Å². The van der Waals surface area contributed by atoms with Crippen LogP contribution in [0.2, 0.25) is 0 Å². The van der Waals surface area contributed by atoms with Gasteiger partial charge < -0.3 is 9.73 Å². The Kier molecular flexibility index (Phi) is 3.73. The first-order chi connectivity index (χ1) is 8.35. The van der Waals surface area contributed by atoms with Crippen LogP contribution >= 0.6 is 11.8 Å². The molecule has 0 aliphatic carbocycles. The number of anilines is 1. The Balaban J connectivity index is 2.18. The minimum absolute atomic E-state index is 0.583. The lowest BCUT2D eigenvalue weighted by Crippen LogP contribution is -2.00. The summed E-state index contributed by atoms with van der Waals surface area (Å²) in [5, 5.41) is 12.4. The van der Waals surface area contributed by atoms with Gasteiger partial charge in [0.25, 0.3) is 0 Å². The molecule has 0 aliphatic rings. The molecule has 0 bridgehead atoms. The van der Waals surface area contributed by atoms with Crippen LogP contribution in [0.15, 0.2) is 45.9 Å². The number of nitrogens with zero attached hydrogens (tertiary/aromatic N) is 1. The number of rotatable bonds is 4. The summed E-state index contributed by atoms with van der Waals surface area (Å²) in [5.41, 5.74) is 1.53. The second-order valence-electron chi connectivity index (χ2n) is 3.43. The third-order valence-corrected chi connectivity index (χ3v) is 3.17. The zero-order valence-electron chi connectivity index (χ0n) is 9.43. The highest BCUT2D eigenvalue weighted by Crippen LogP contribution is 2.26. The molecule has 3 nitrogen and oxygen atoms in total. The third-order valence-electron chi connectivity index (χ3n) is 2.39. The lowest BCUT2D eigenvalue weighted by atomic mass is 10.2. The smallest absolute Gasteiger partial charge is 0.122 e. The van der Waals surface area contributed by atoms with Gasteiger partial charge in [-0.05, 0) is 30.5 Å². The first-order valence-corrected chi connectivity index (χ1v) is 6.41. The van der Waals surface area contributed by atoms with Crippen molar-refractivity contribution < 1.29 is 4.42 Å². The quantitative estimate of drug-likeness (QED) is 0.836. The average molecular weight is 244 g/mol. The van der Waals surface area contributed by atoms with Crippen LogP contribution in [0.3, 0.4) is 0 Å². The van der Waals surface area contributed by atoms with Crippen molar-refractivity contribution in [3.05, 3.63) is 47.9 Å². The summed E-state index contributed by atoms with van der Waals surface area (Å²) in [6.45, 7) is 0.583. The number of nitrogens with one attached hydrogen (secondary N) is 1. The van der Waals surface area contributed by atoms with E-state index in [2.05, 4.69) is 11.4 Å². The van der Waals surface area contributed by atoms with E-state index in [0.717, 1.165) is 16.3 Å². The second kappa shape index (κ2) is 5.46. The maximum atomic E-state index is 9.16. The largest absolute Gasteiger partial charge is 0.467 e. The Labute approximate surface area is 104 Å². The highest BCUT2D eigenvalue weighted by Gasteiger charge is 2.07. The predicted octanol–water partition coefficient (Wildman–Crippen LogP) is 3.49. The molecule has 0 saturated heterocycles. The normalized spacial score (nSPS) is 9.88. The van der Waals surface area contributed by atoms with Crippen LogP contribution in [-0.2, 0) is 6.54 Å². The molecule has 1 heterocycles. The van der Waals surface area contributed by atoms with Gasteiger partial charge in [-0.25, -0.2) is 0 Å². The SMILES string of the molecule is CSc1cccc(NCc2ccco2)c1C#N. The summed E-state index contributed by atoms with van der Waals surface area (Å²) >= 11 is 1.57. The highest BCUT2D eigenvalue weighted by atomic mass is 32.2. The van der Waals surface area contributed by atoms with Crippen molar-refractivity contribution >= 4 is 17.4 Å². The zero-order chi connectivity index (χ0) is 12.1. The van der Waals surface area contributed by atoms with Gasteiger partial charge in [-0.2, -0.15) is 5.26 Å². The number of benzene rings is 1. The minimum Gasteiger partial charge on any atom is -0.467 e. The molecule has 2 aromatic rings.